The van der Waals surface area contributed by atoms with Crippen molar-refractivity contribution in [3.8, 4) is 5.75 Å². The first kappa shape index (κ1) is 17.8. The largest absolute Gasteiger partial charge is 0.573 e. The lowest BCUT2D eigenvalue weighted by Gasteiger charge is -2.17. The number of alkyl halides is 3. The minimum Gasteiger partial charge on any atom is -0.406 e. The average molecular weight is 350 g/mol. The van der Waals surface area contributed by atoms with E-state index in [1.165, 1.54) is 17.7 Å². The monoisotopic (exact) mass is 350 g/mol. The van der Waals surface area contributed by atoms with Gasteiger partial charge in [-0.3, -0.25) is 4.90 Å². The molecule has 2 aromatic carbocycles. The maximum atomic E-state index is 12.4. The molecule has 134 valence electrons. The van der Waals surface area contributed by atoms with Gasteiger partial charge in [0, 0.05) is 25.6 Å². The van der Waals surface area contributed by atoms with Crippen LogP contribution in [0, 0.1) is 5.92 Å². The van der Waals surface area contributed by atoms with E-state index in [-0.39, 0.29) is 5.75 Å². The number of rotatable bonds is 5. The minimum absolute atomic E-state index is 0.181. The molecule has 0 aliphatic carbocycles. The van der Waals surface area contributed by atoms with E-state index in [4.69, 9.17) is 5.73 Å². The lowest BCUT2D eigenvalue weighted by atomic mass is 9.89. The summed E-state index contributed by atoms with van der Waals surface area (Å²) in [6.07, 6.45) is -4.67. The van der Waals surface area contributed by atoms with Crippen LogP contribution in [0.3, 0.4) is 0 Å². The van der Waals surface area contributed by atoms with E-state index in [0.29, 0.717) is 24.9 Å². The van der Waals surface area contributed by atoms with Gasteiger partial charge < -0.3 is 10.5 Å². The van der Waals surface area contributed by atoms with Crippen LogP contribution < -0.4 is 10.5 Å². The molecule has 0 bridgehead atoms. The fraction of sp³-hybridized carbons (Fsp3) is 0.368. The molecule has 1 aliphatic rings. The fourth-order valence-electron chi connectivity index (χ4n) is 3.51. The van der Waals surface area contributed by atoms with Gasteiger partial charge in [0.15, 0.2) is 0 Å². The molecule has 0 saturated carbocycles. The smallest absolute Gasteiger partial charge is 0.406 e. The summed E-state index contributed by atoms with van der Waals surface area (Å²) >= 11 is 0. The zero-order chi connectivity index (χ0) is 17.9. The van der Waals surface area contributed by atoms with E-state index in [1.807, 2.05) is 24.3 Å². The van der Waals surface area contributed by atoms with Gasteiger partial charge in [0.05, 0.1) is 0 Å². The number of hydrogen-bond acceptors (Lipinski definition) is 3. The molecular formula is C19H21F3N2O. The zero-order valence-corrected chi connectivity index (χ0v) is 13.7. The second-order valence-corrected chi connectivity index (χ2v) is 6.40. The van der Waals surface area contributed by atoms with E-state index in [9.17, 15) is 13.2 Å². The van der Waals surface area contributed by atoms with Gasteiger partial charge in [-0.05, 0) is 35.7 Å². The molecule has 2 aromatic rings. The number of ether oxygens (including phenoxy) is 1. The van der Waals surface area contributed by atoms with Crippen molar-refractivity contribution >= 4 is 0 Å². The molecule has 1 aliphatic heterocycles. The van der Waals surface area contributed by atoms with Crippen LogP contribution in [0.2, 0.25) is 0 Å². The highest BCUT2D eigenvalue weighted by Crippen LogP contribution is 2.33. The van der Waals surface area contributed by atoms with Crippen LogP contribution in [0.5, 0.6) is 5.75 Å². The zero-order valence-electron chi connectivity index (χ0n) is 13.7. The molecule has 0 spiro atoms. The minimum atomic E-state index is -4.67. The highest BCUT2D eigenvalue weighted by atomic mass is 19.4. The third kappa shape index (κ3) is 4.74. The van der Waals surface area contributed by atoms with Crippen LogP contribution in [0.4, 0.5) is 13.2 Å². The Morgan fingerprint density at radius 2 is 1.80 bits per heavy atom. The van der Waals surface area contributed by atoms with Gasteiger partial charge in [0.25, 0.3) is 0 Å². The van der Waals surface area contributed by atoms with Gasteiger partial charge in [-0.25, -0.2) is 0 Å². The predicted octanol–water partition coefficient (Wildman–Crippen LogP) is 3.76. The van der Waals surface area contributed by atoms with Crippen LogP contribution >= 0.6 is 0 Å². The van der Waals surface area contributed by atoms with Crippen LogP contribution in [0.25, 0.3) is 0 Å². The summed E-state index contributed by atoms with van der Waals surface area (Å²) in [6, 6.07) is 16.4. The topological polar surface area (TPSA) is 38.5 Å². The second kappa shape index (κ2) is 7.45. The second-order valence-electron chi connectivity index (χ2n) is 6.40. The Morgan fingerprint density at radius 1 is 1.04 bits per heavy atom. The van der Waals surface area contributed by atoms with Crippen molar-refractivity contribution < 1.29 is 17.9 Å². The number of nitrogens with zero attached hydrogens (tertiary/aromatic N) is 1. The Morgan fingerprint density at radius 3 is 2.48 bits per heavy atom. The standard InChI is InChI=1S/C19H21F3N2O/c20-19(21,22)25-17-8-4-5-14(9-17)11-24-12-16(10-23)18(13-24)15-6-2-1-3-7-15/h1-9,16,18H,10-13,23H2/t16-,18+/m1/s1. The van der Waals surface area contributed by atoms with Crippen molar-refractivity contribution in [3.63, 3.8) is 0 Å². The predicted molar refractivity (Wildman–Crippen MR) is 90.1 cm³/mol. The highest BCUT2D eigenvalue weighted by molar-refractivity contribution is 5.29. The van der Waals surface area contributed by atoms with Crippen LogP contribution in [0.1, 0.15) is 17.0 Å². The molecule has 25 heavy (non-hydrogen) atoms. The van der Waals surface area contributed by atoms with Crippen molar-refractivity contribution in [1.82, 2.24) is 4.90 Å². The quantitative estimate of drug-likeness (QED) is 0.892. The molecule has 3 rings (SSSR count). The number of benzene rings is 2. The lowest BCUT2D eigenvalue weighted by molar-refractivity contribution is -0.274. The maximum Gasteiger partial charge on any atom is 0.573 e. The molecule has 0 amide bonds. The molecule has 2 N–H and O–H groups in total. The van der Waals surface area contributed by atoms with Crippen molar-refractivity contribution in [2.45, 2.75) is 18.8 Å². The number of halogens is 3. The molecule has 1 heterocycles. The molecular weight excluding hydrogens is 329 g/mol. The Bertz CT molecular complexity index is 691. The lowest BCUT2D eigenvalue weighted by Crippen LogP contribution is -2.23. The van der Waals surface area contributed by atoms with E-state index in [0.717, 1.165) is 18.7 Å². The third-order valence-electron chi connectivity index (χ3n) is 4.59. The molecule has 1 fully saturated rings. The first-order valence-electron chi connectivity index (χ1n) is 8.26. The summed E-state index contributed by atoms with van der Waals surface area (Å²) in [5.41, 5.74) is 8.00. The van der Waals surface area contributed by atoms with E-state index in [2.05, 4.69) is 21.8 Å². The maximum absolute atomic E-state index is 12.4. The summed E-state index contributed by atoms with van der Waals surface area (Å²) < 4.78 is 41.1. The molecule has 3 nitrogen and oxygen atoms in total. The molecule has 0 unspecified atom stereocenters. The molecule has 1 saturated heterocycles. The Kier molecular flexibility index (Phi) is 5.30. The molecule has 2 atom stereocenters. The molecule has 0 aromatic heterocycles. The first-order valence-corrected chi connectivity index (χ1v) is 8.26. The van der Waals surface area contributed by atoms with E-state index < -0.39 is 6.36 Å². The van der Waals surface area contributed by atoms with Gasteiger partial charge in [0.2, 0.25) is 0 Å². The number of nitrogens with two attached hydrogens (primary N) is 1. The Hall–Kier alpha value is -2.05. The molecule has 6 heteroatoms. The van der Waals surface area contributed by atoms with Crippen molar-refractivity contribution in [2.75, 3.05) is 19.6 Å². The van der Waals surface area contributed by atoms with Gasteiger partial charge >= 0.3 is 6.36 Å². The summed E-state index contributed by atoms with van der Waals surface area (Å²) in [5, 5.41) is 0. The van der Waals surface area contributed by atoms with Gasteiger partial charge in [0.1, 0.15) is 5.75 Å². The summed E-state index contributed by atoms with van der Waals surface area (Å²) in [6.45, 7) is 2.85. The van der Waals surface area contributed by atoms with Crippen LogP contribution in [0.15, 0.2) is 54.6 Å². The van der Waals surface area contributed by atoms with E-state index >= 15 is 0 Å². The van der Waals surface area contributed by atoms with Gasteiger partial charge in [-0.15, -0.1) is 13.2 Å². The number of hydrogen-bond donors (Lipinski definition) is 1. The first-order chi connectivity index (χ1) is 11.9. The van der Waals surface area contributed by atoms with Crippen molar-refractivity contribution in [3.05, 3.63) is 65.7 Å². The van der Waals surface area contributed by atoms with E-state index in [1.54, 1.807) is 6.07 Å². The average Bonchev–Trinajstić information content (AvgIpc) is 2.97. The Balaban J connectivity index is 1.69. The summed E-state index contributed by atoms with van der Waals surface area (Å²) in [5.74, 6) is 0.511. The van der Waals surface area contributed by atoms with Crippen LogP contribution in [-0.2, 0) is 6.54 Å². The van der Waals surface area contributed by atoms with Gasteiger partial charge in [-0.2, -0.15) is 0 Å². The van der Waals surface area contributed by atoms with Gasteiger partial charge in [-0.1, -0.05) is 42.5 Å². The summed E-state index contributed by atoms with van der Waals surface area (Å²) in [4.78, 5) is 2.24. The summed E-state index contributed by atoms with van der Waals surface area (Å²) in [7, 11) is 0. The fourth-order valence-corrected chi connectivity index (χ4v) is 3.51. The highest BCUT2D eigenvalue weighted by Gasteiger charge is 2.33. The van der Waals surface area contributed by atoms with Crippen LogP contribution in [-0.4, -0.2) is 30.9 Å². The van der Waals surface area contributed by atoms with Crippen molar-refractivity contribution in [2.24, 2.45) is 11.7 Å². The Labute approximate surface area is 145 Å². The van der Waals surface area contributed by atoms with Crippen molar-refractivity contribution in [1.29, 1.82) is 0 Å². The molecule has 0 radical (unpaired) electrons. The number of likely N-dealkylation sites (tertiary alicyclic amines) is 1. The normalized spacial score (nSPS) is 21.4. The third-order valence-corrected chi connectivity index (χ3v) is 4.59. The SMILES string of the molecule is NC[C@@H]1CN(Cc2cccc(OC(F)(F)F)c2)C[C@H]1c1ccccc1.